The summed E-state index contributed by atoms with van der Waals surface area (Å²) in [6.07, 6.45) is 2.99. The molecule has 1 heterocycles. The molecule has 0 N–H and O–H groups in total. The lowest BCUT2D eigenvalue weighted by Crippen LogP contribution is -2.50. The Bertz CT molecular complexity index is 534. The van der Waals surface area contributed by atoms with E-state index in [0.717, 1.165) is 24.2 Å². The highest BCUT2D eigenvalue weighted by molar-refractivity contribution is 5.80. The Kier molecular flexibility index (Phi) is 7.09. The fourth-order valence-electron chi connectivity index (χ4n) is 2.85. The lowest BCUT2D eigenvalue weighted by molar-refractivity contribution is -0.139. The fraction of sp³-hybridized carbons (Fsp3) is 0.579. The van der Waals surface area contributed by atoms with Gasteiger partial charge in [-0.05, 0) is 31.0 Å². The number of carbonyl (C=O) groups excluding carboxylic acids is 2. The number of hydrogen-bond donors (Lipinski definition) is 0. The maximum atomic E-state index is 12.4. The molecule has 2 amide bonds. The number of piperazine rings is 1. The minimum atomic E-state index is 0.125. The molecule has 132 valence electrons. The summed E-state index contributed by atoms with van der Waals surface area (Å²) in [5.74, 6) is 1.17. The highest BCUT2D eigenvalue weighted by Gasteiger charge is 2.23. The number of unbranched alkanes of at least 4 members (excludes halogenated alkanes) is 1. The standard InChI is InChI=1S/C19H28N2O3/c1-3-5-6-18(22)20-11-13-21(14-12-20)19(23)15-16-7-9-17(10-8-16)24-4-2/h7-10H,3-6,11-15H2,1-2H3. The minimum Gasteiger partial charge on any atom is -0.494 e. The Morgan fingerprint density at radius 2 is 1.54 bits per heavy atom. The molecule has 0 spiro atoms. The molecule has 0 atom stereocenters. The molecule has 1 aliphatic rings. The number of benzene rings is 1. The molecule has 24 heavy (non-hydrogen) atoms. The summed E-state index contributed by atoms with van der Waals surface area (Å²) in [7, 11) is 0. The quantitative estimate of drug-likeness (QED) is 0.771. The Labute approximate surface area is 144 Å². The van der Waals surface area contributed by atoms with Gasteiger partial charge in [0, 0.05) is 32.6 Å². The van der Waals surface area contributed by atoms with E-state index >= 15 is 0 Å². The predicted molar refractivity (Wildman–Crippen MR) is 94.0 cm³/mol. The van der Waals surface area contributed by atoms with Crippen LogP contribution in [0.15, 0.2) is 24.3 Å². The maximum Gasteiger partial charge on any atom is 0.227 e. The van der Waals surface area contributed by atoms with Gasteiger partial charge >= 0.3 is 0 Å². The van der Waals surface area contributed by atoms with Crippen LogP contribution >= 0.6 is 0 Å². The van der Waals surface area contributed by atoms with Crippen LogP contribution < -0.4 is 4.74 Å². The zero-order chi connectivity index (χ0) is 17.4. The molecule has 1 fully saturated rings. The van der Waals surface area contributed by atoms with Crippen molar-refractivity contribution in [3.05, 3.63) is 29.8 Å². The second-order valence-corrected chi connectivity index (χ2v) is 6.12. The smallest absolute Gasteiger partial charge is 0.227 e. The van der Waals surface area contributed by atoms with E-state index in [-0.39, 0.29) is 11.8 Å². The van der Waals surface area contributed by atoms with Crippen LogP contribution in [0.25, 0.3) is 0 Å². The third kappa shape index (κ3) is 5.25. The zero-order valence-electron chi connectivity index (χ0n) is 14.8. The molecule has 0 saturated carbocycles. The lowest BCUT2D eigenvalue weighted by Gasteiger charge is -2.35. The van der Waals surface area contributed by atoms with E-state index < -0.39 is 0 Å². The highest BCUT2D eigenvalue weighted by atomic mass is 16.5. The average Bonchev–Trinajstić information content (AvgIpc) is 2.61. The second kappa shape index (κ2) is 9.30. The van der Waals surface area contributed by atoms with Crippen LogP contribution in [0.1, 0.15) is 38.7 Å². The van der Waals surface area contributed by atoms with Gasteiger partial charge in [-0.25, -0.2) is 0 Å². The molecule has 1 aromatic rings. The molecular formula is C19H28N2O3. The third-order valence-corrected chi connectivity index (χ3v) is 4.32. The molecule has 0 bridgehead atoms. The molecule has 1 aliphatic heterocycles. The van der Waals surface area contributed by atoms with Crippen molar-refractivity contribution in [1.29, 1.82) is 0 Å². The Morgan fingerprint density at radius 1 is 0.958 bits per heavy atom. The van der Waals surface area contributed by atoms with Crippen molar-refractivity contribution < 1.29 is 14.3 Å². The van der Waals surface area contributed by atoms with Crippen LogP contribution in [0, 0.1) is 0 Å². The van der Waals surface area contributed by atoms with E-state index in [1.54, 1.807) is 0 Å². The average molecular weight is 332 g/mol. The molecule has 2 rings (SSSR count). The van der Waals surface area contributed by atoms with Gasteiger partial charge in [-0.15, -0.1) is 0 Å². The molecule has 0 aliphatic carbocycles. The van der Waals surface area contributed by atoms with Gasteiger partial charge in [0.1, 0.15) is 5.75 Å². The van der Waals surface area contributed by atoms with Crippen molar-refractivity contribution in [3.63, 3.8) is 0 Å². The van der Waals surface area contributed by atoms with Crippen LogP contribution in [0.2, 0.25) is 0 Å². The summed E-state index contributed by atoms with van der Waals surface area (Å²) in [4.78, 5) is 28.2. The maximum absolute atomic E-state index is 12.4. The molecule has 0 aromatic heterocycles. The monoisotopic (exact) mass is 332 g/mol. The normalized spacial score (nSPS) is 14.6. The first-order valence-electron chi connectivity index (χ1n) is 8.91. The SMILES string of the molecule is CCCCC(=O)N1CCN(C(=O)Cc2ccc(OCC)cc2)CC1. The molecule has 0 unspecified atom stereocenters. The van der Waals surface area contributed by atoms with Crippen molar-refractivity contribution in [2.24, 2.45) is 0 Å². The van der Waals surface area contributed by atoms with Gasteiger partial charge in [-0.3, -0.25) is 9.59 Å². The molecule has 1 saturated heterocycles. The lowest BCUT2D eigenvalue weighted by atomic mass is 10.1. The van der Waals surface area contributed by atoms with Gasteiger partial charge < -0.3 is 14.5 Å². The number of hydrogen-bond acceptors (Lipinski definition) is 3. The second-order valence-electron chi connectivity index (χ2n) is 6.12. The molecule has 5 heteroatoms. The van der Waals surface area contributed by atoms with Crippen LogP contribution in [0.5, 0.6) is 5.75 Å². The summed E-state index contributed by atoms with van der Waals surface area (Å²) in [5, 5.41) is 0. The number of nitrogens with zero attached hydrogens (tertiary/aromatic N) is 2. The van der Waals surface area contributed by atoms with Crippen LogP contribution in [0.3, 0.4) is 0 Å². The molecule has 1 aromatic carbocycles. The fourth-order valence-corrected chi connectivity index (χ4v) is 2.85. The van der Waals surface area contributed by atoms with E-state index in [1.165, 1.54) is 0 Å². The number of ether oxygens (including phenoxy) is 1. The Hall–Kier alpha value is -2.04. The molecular weight excluding hydrogens is 304 g/mol. The van der Waals surface area contributed by atoms with Gasteiger partial charge in [-0.1, -0.05) is 25.5 Å². The van der Waals surface area contributed by atoms with E-state index in [2.05, 4.69) is 6.92 Å². The largest absolute Gasteiger partial charge is 0.494 e. The minimum absolute atomic E-state index is 0.125. The summed E-state index contributed by atoms with van der Waals surface area (Å²) in [6, 6.07) is 7.67. The number of amides is 2. The van der Waals surface area contributed by atoms with Gasteiger partial charge in [0.25, 0.3) is 0 Å². The van der Waals surface area contributed by atoms with E-state index in [9.17, 15) is 9.59 Å². The topological polar surface area (TPSA) is 49.9 Å². The van der Waals surface area contributed by atoms with Crippen LogP contribution in [0.4, 0.5) is 0 Å². The van der Waals surface area contributed by atoms with E-state index in [1.807, 2.05) is 41.0 Å². The van der Waals surface area contributed by atoms with Gasteiger partial charge in [0.15, 0.2) is 0 Å². The Morgan fingerprint density at radius 3 is 2.08 bits per heavy atom. The Balaban J connectivity index is 1.79. The van der Waals surface area contributed by atoms with Crippen molar-refractivity contribution >= 4 is 11.8 Å². The first kappa shape index (κ1) is 18.3. The molecule has 0 radical (unpaired) electrons. The van der Waals surface area contributed by atoms with E-state index in [0.29, 0.717) is 45.6 Å². The third-order valence-electron chi connectivity index (χ3n) is 4.32. The summed E-state index contributed by atoms with van der Waals surface area (Å²) in [5.41, 5.74) is 0.991. The van der Waals surface area contributed by atoms with Gasteiger partial charge in [0.05, 0.1) is 13.0 Å². The summed E-state index contributed by atoms with van der Waals surface area (Å²) < 4.78 is 5.41. The van der Waals surface area contributed by atoms with Crippen molar-refractivity contribution in [2.45, 2.75) is 39.5 Å². The summed E-state index contributed by atoms with van der Waals surface area (Å²) in [6.45, 7) is 7.24. The van der Waals surface area contributed by atoms with Crippen molar-refractivity contribution in [2.75, 3.05) is 32.8 Å². The van der Waals surface area contributed by atoms with Crippen LogP contribution in [-0.4, -0.2) is 54.4 Å². The van der Waals surface area contributed by atoms with Gasteiger partial charge in [0.2, 0.25) is 11.8 Å². The first-order chi connectivity index (χ1) is 11.6. The van der Waals surface area contributed by atoms with Crippen molar-refractivity contribution in [3.8, 4) is 5.75 Å². The zero-order valence-corrected chi connectivity index (χ0v) is 14.8. The number of rotatable bonds is 7. The van der Waals surface area contributed by atoms with Crippen molar-refractivity contribution in [1.82, 2.24) is 9.80 Å². The molecule has 5 nitrogen and oxygen atoms in total. The van der Waals surface area contributed by atoms with Crippen LogP contribution in [-0.2, 0) is 16.0 Å². The number of carbonyl (C=O) groups is 2. The highest BCUT2D eigenvalue weighted by Crippen LogP contribution is 2.14. The van der Waals surface area contributed by atoms with E-state index in [4.69, 9.17) is 4.74 Å². The predicted octanol–water partition coefficient (Wildman–Crippen LogP) is 2.49. The first-order valence-corrected chi connectivity index (χ1v) is 8.91. The van der Waals surface area contributed by atoms with Gasteiger partial charge in [-0.2, -0.15) is 0 Å². The summed E-state index contributed by atoms with van der Waals surface area (Å²) >= 11 is 0.